The number of nitrogens with one attached hydrogen (secondary N) is 3. The van der Waals surface area contributed by atoms with Crippen molar-refractivity contribution in [1.82, 2.24) is 15.5 Å². The number of carbonyl (C=O) groups excluding carboxylic acids is 4. The standard InChI is InChI=1S/C36H45N5O4/c1-34(2,3)19-29(32(44)41-21-36(18-25(41)20-37)26-9-7-8-10-27(26)40-33(36)45)39-31(43)28(17-22-11-12-22)38-30(42)23-13-15-24(16-14-23)35(4,5)6/h7-10,13-16,22,25,28-29H,11-12,17-19,21H2,1-6H3,(H,38,42)(H,39,43)(H,40,45)/t25-,28-,29-,36-/m0/s1. The largest absolute Gasteiger partial charge is 0.342 e. The number of amides is 4. The van der Waals surface area contributed by atoms with E-state index in [1.807, 2.05) is 57.2 Å². The van der Waals surface area contributed by atoms with Gasteiger partial charge in [0.1, 0.15) is 18.1 Å². The smallest absolute Gasteiger partial charge is 0.251 e. The number of fused-ring (bicyclic) bond motifs is 2. The van der Waals surface area contributed by atoms with Crippen LogP contribution in [0.3, 0.4) is 0 Å². The minimum absolute atomic E-state index is 0.0518. The second kappa shape index (κ2) is 12.0. The molecule has 2 heterocycles. The van der Waals surface area contributed by atoms with Crippen LogP contribution in [0.1, 0.15) is 95.1 Å². The molecule has 1 saturated carbocycles. The van der Waals surface area contributed by atoms with E-state index in [0.717, 1.165) is 24.0 Å². The highest BCUT2D eigenvalue weighted by atomic mass is 16.2. The Morgan fingerprint density at radius 2 is 1.67 bits per heavy atom. The fraction of sp³-hybridized carbons (Fsp3) is 0.528. The van der Waals surface area contributed by atoms with E-state index in [1.165, 1.54) is 4.90 Å². The molecule has 2 aliphatic heterocycles. The van der Waals surface area contributed by atoms with Gasteiger partial charge in [0.15, 0.2) is 0 Å². The van der Waals surface area contributed by atoms with Gasteiger partial charge in [-0.25, -0.2) is 0 Å². The van der Waals surface area contributed by atoms with Gasteiger partial charge in [0.25, 0.3) is 5.91 Å². The fourth-order valence-electron chi connectivity index (χ4n) is 6.55. The van der Waals surface area contributed by atoms with Gasteiger partial charge in [-0.1, -0.05) is 84.7 Å². The van der Waals surface area contributed by atoms with Crippen molar-refractivity contribution in [3.05, 3.63) is 65.2 Å². The van der Waals surface area contributed by atoms with Gasteiger partial charge < -0.3 is 20.9 Å². The van der Waals surface area contributed by atoms with Crippen molar-refractivity contribution in [3.8, 4) is 6.07 Å². The Hall–Kier alpha value is -4.19. The molecule has 1 aliphatic carbocycles. The number of benzene rings is 2. The SMILES string of the molecule is CC(C)(C)C[C@H](NC(=O)[C@H](CC1CC1)NC(=O)c1ccc(C(C)(C)C)cc1)C(=O)N1C[C@]2(C[C@H]1C#N)C(=O)Nc1ccccc12. The van der Waals surface area contributed by atoms with Crippen LogP contribution in [-0.4, -0.2) is 53.2 Å². The number of rotatable bonds is 8. The molecule has 9 nitrogen and oxygen atoms in total. The zero-order chi connectivity index (χ0) is 32.7. The third-order valence-electron chi connectivity index (χ3n) is 9.25. The van der Waals surface area contributed by atoms with Gasteiger partial charge in [-0.3, -0.25) is 19.2 Å². The maximum Gasteiger partial charge on any atom is 0.251 e. The minimum atomic E-state index is -1.02. The van der Waals surface area contributed by atoms with Crippen LogP contribution in [0.4, 0.5) is 5.69 Å². The van der Waals surface area contributed by atoms with Crippen molar-refractivity contribution < 1.29 is 19.2 Å². The highest BCUT2D eigenvalue weighted by Crippen LogP contribution is 2.46. The molecule has 3 aliphatic rings. The second-order valence-electron chi connectivity index (χ2n) is 15.3. The van der Waals surface area contributed by atoms with Gasteiger partial charge in [0.2, 0.25) is 17.7 Å². The highest BCUT2D eigenvalue weighted by Gasteiger charge is 2.56. The Morgan fingerprint density at radius 3 is 2.27 bits per heavy atom. The number of para-hydroxylation sites is 1. The molecule has 9 heteroatoms. The molecular formula is C36H45N5O4. The highest BCUT2D eigenvalue weighted by molar-refractivity contribution is 6.07. The molecule has 45 heavy (non-hydrogen) atoms. The molecule has 0 radical (unpaired) electrons. The molecule has 238 valence electrons. The third-order valence-corrected chi connectivity index (χ3v) is 9.25. The molecule has 2 fully saturated rings. The van der Waals surface area contributed by atoms with E-state index < -0.39 is 35.4 Å². The third kappa shape index (κ3) is 6.90. The second-order valence-corrected chi connectivity index (χ2v) is 15.3. The summed E-state index contributed by atoms with van der Waals surface area (Å²) >= 11 is 0. The van der Waals surface area contributed by atoms with Crippen molar-refractivity contribution in [3.63, 3.8) is 0 Å². The number of hydrogen-bond donors (Lipinski definition) is 3. The lowest BCUT2D eigenvalue weighted by atomic mass is 9.80. The summed E-state index contributed by atoms with van der Waals surface area (Å²) in [5.74, 6) is -1.04. The fourth-order valence-corrected chi connectivity index (χ4v) is 6.55. The molecule has 4 atom stereocenters. The number of likely N-dealkylation sites (tertiary alicyclic amines) is 1. The molecule has 0 bridgehead atoms. The maximum absolute atomic E-state index is 14.2. The first-order valence-corrected chi connectivity index (χ1v) is 15.9. The average molecular weight is 612 g/mol. The van der Waals surface area contributed by atoms with E-state index >= 15 is 0 Å². The number of nitriles is 1. The quantitative estimate of drug-likeness (QED) is 0.394. The zero-order valence-electron chi connectivity index (χ0n) is 27.2. The summed E-state index contributed by atoms with van der Waals surface area (Å²) in [7, 11) is 0. The first kappa shape index (κ1) is 32.2. The van der Waals surface area contributed by atoms with Crippen LogP contribution in [-0.2, 0) is 25.2 Å². The molecule has 1 saturated heterocycles. The van der Waals surface area contributed by atoms with Crippen molar-refractivity contribution in [1.29, 1.82) is 5.26 Å². The first-order chi connectivity index (χ1) is 21.1. The predicted molar refractivity (Wildman–Crippen MR) is 172 cm³/mol. The van der Waals surface area contributed by atoms with Crippen molar-refractivity contribution >= 4 is 29.3 Å². The van der Waals surface area contributed by atoms with Gasteiger partial charge in [0.05, 0.1) is 11.5 Å². The van der Waals surface area contributed by atoms with Crippen LogP contribution in [0.25, 0.3) is 0 Å². The van der Waals surface area contributed by atoms with Crippen LogP contribution in [0.2, 0.25) is 0 Å². The van der Waals surface area contributed by atoms with Crippen molar-refractivity contribution in [2.75, 3.05) is 11.9 Å². The van der Waals surface area contributed by atoms with Crippen LogP contribution in [0.5, 0.6) is 0 Å². The summed E-state index contributed by atoms with van der Waals surface area (Å²) in [6, 6.07) is 14.4. The molecule has 1 spiro atoms. The lowest BCUT2D eigenvalue weighted by Crippen LogP contribution is -2.56. The summed E-state index contributed by atoms with van der Waals surface area (Å²) in [5.41, 5.74) is 1.64. The van der Waals surface area contributed by atoms with Gasteiger partial charge in [0, 0.05) is 24.2 Å². The van der Waals surface area contributed by atoms with E-state index in [2.05, 4.69) is 42.8 Å². The van der Waals surface area contributed by atoms with Crippen LogP contribution < -0.4 is 16.0 Å². The molecule has 2 aromatic rings. The molecule has 2 aromatic carbocycles. The topological polar surface area (TPSA) is 131 Å². The van der Waals surface area contributed by atoms with E-state index in [1.54, 1.807) is 12.1 Å². The summed E-state index contributed by atoms with van der Waals surface area (Å²) < 4.78 is 0. The predicted octanol–water partition coefficient (Wildman–Crippen LogP) is 4.82. The van der Waals surface area contributed by atoms with Gasteiger partial charge in [-0.05, 0) is 58.9 Å². The van der Waals surface area contributed by atoms with Gasteiger partial charge in [-0.2, -0.15) is 5.26 Å². The first-order valence-electron chi connectivity index (χ1n) is 15.9. The number of anilines is 1. The van der Waals surface area contributed by atoms with Gasteiger partial charge in [-0.15, -0.1) is 0 Å². The summed E-state index contributed by atoms with van der Waals surface area (Å²) in [6.45, 7) is 12.3. The molecule has 0 unspecified atom stereocenters. The minimum Gasteiger partial charge on any atom is -0.342 e. The monoisotopic (exact) mass is 611 g/mol. The normalized spacial score (nSPS) is 22.3. The van der Waals surface area contributed by atoms with Crippen molar-refractivity contribution in [2.45, 2.75) is 103 Å². The lowest BCUT2D eigenvalue weighted by molar-refractivity contribution is -0.138. The molecule has 4 amide bonds. The summed E-state index contributed by atoms with van der Waals surface area (Å²) in [4.78, 5) is 56.1. The number of carbonyl (C=O) groups is 4. The van der Waals surface area contributed by atoms with E-state index in [-0.39, 0.29) is 35.6 Å². The lowest BCUT2D eigenvalue weighted by Gasteiger charge is -2.32. The Morgan fingerprint density at radius 1 is 1.00 bits per heavy atom. The van der Waals surface area contributed by atoms with Gasteiger partial charge >= 0.3 is 0 Å². The Labute approximate surface area is 266 Å². The summed E-state index contributed by atoms with van der Waals surface area (Å²) in [6.07, 6.45) is 2.97. The Kier molecular flexibility index (Phi) is 8.56. The van der Waals surface area contributed by atoms with E-state index in [9.17, 15) is 24.4 Å². The molecular weight excluding hydrogens is 566 g/mol. The van der Waals surface area contributed by atoms with Crippen molar-refractivity contribution in [2.24, 2.45) is 11.3 Å². The van der Waals surface area contributed by atoms with E-state index in [0.29, 0.717) is 30.0 Å². The summed E-state index contributed by atoms with van der Waals surface area (Å²) in [5, 5.41) is 18.9. The molecule has 5 rings (SSSR count). The van der Waals surface area contributed by atoms with Crippen LogP contribution in [0, 0.1) is 22.7 Å². The zero-order valence-corrected chi connectivity index (χ0v) is 27.2. The number of nitrogens with zero attached hydrogens (tertiary/aromatic N) is 2. The Balaban J connectivity index is 1.36. The van der Waals surface area contributed by atoms with E-state index in [4.69, 9.17) is 0 Å². The van der Waals surface area contributed by atoms with Crippen LogP contribution in [0.15, 0.2) is 48.5 Å². The molecule has 0 aromatic heterocycles. The molecule has 3 N–H and O–H groups in total. The Bertz CT molecular complexity index is 1530. The number of hydrogen-bond acceptors (Lipinski definition) is 5. The van der Waals surface area contributed by atoms with Crippen LogP contribution >= 0.6 is 0 Å². The average Bonchev–Trinajstić information content (AvgIpc) is 3.64. The maximum atomic E-state index is 14.2.